The van der Waals surface area contributed by atoms with Crippen LogP contribution in [0, 0.1) is 0 Å². The van der Waals surface area contributed by atoms with E-state index in [4.69, 9.17) is 4.43 Å². The molecule has 0 aromatic heterocycles. The molecule has 0 saturated heterocycles. The number of allylic oxidation sites excluding steroid dienone is 1. The fourth-order valence-corrected chi connectivity index (χ4v) is 3.93. The number of hydrogen-bond acceptors (Lipinski definition) is 1. The van der Waals surface area contributed by atoms with E-state index in [9.17, 15) is 0 Å². The molecule has 0 radical (unpaired) electrons. The first-order valence-corrected chi connectivity index (χ1v) is 11.6. The minimum Gasteiger partial charge on any atom is -0.414 e. The summed E-state index contributed by atoms with van der Waals surface area (Å²) in [7, 11) is -1.62. The van der Waals surface area contributed by atoms with Gasteiger partial charge >= 0.3 is 0 Å². The molecule has 0 bridgehead atoms. The first-order chi connectivity index (χ1) is 9.33. The molecular weight excluding hydrogens is 260 g/mol. The molecule has 1 atom stereocenters. The summed E-state index contributed by atoms with van der Waals surface area (Å²) >= 11 is 0. The van der Waals surface area contributed by atoms with Crippen LogP contribution in [0.15, 0.2) is 12.2 Å². The Morgan fingerprint density at radius 3 is 2.15 bits per heavy atom. The van der Waals surface area contributed by atoms with Crippen molar-refractivity contribution in [2.45, 2.75) is 103 Å². The zero-order valence-electron chi connectivity index (χ0n) is 14.5. The van der Waals surface area contributed by atoms with Gasteiger partial charge in [-0.05, 0) is 43.8 Å². The lowest BCUT2D eigenvalue weighted by Crippen LogP contribution is -2.43. The molecule has 0 aromatic rings. The minimum atomic E-state index is -1.62. The van der Waals surface area contributed by atoms with Crippen LogP contribution >= 0.6 is 0 Å². The van der Waals surface area contributed by atoms with Gasteiger partial charge in [0.05, 0.1) is 0 Å². The van der Waals surface area contributed by atoms with Crippen molar-refractivity contribution < 1.29 is 4.43 Å². The van der Waals surface area contributed by atoms with Crippen molar-refractivity contribution in [1.29, 1.82) is 0 Å². The van der Waals surface area contributed by atoms with Gasteiger partial charge in [0.15, 0.2) is 8.32 Å². The molecule has 1 rings (SSSR count). The fraction of sp³-hybridized carbons (Fsp3) is 0.889. The van der Waals surface area contributed by atoms with E-state index in [0.29, 0.717) is 11.1 Å². The molecule has 118 valence electrons. The van der Waals surface area contributed by atoms with Crippen molar-refractivity contribution in [2.75, 3.05) is 0 Å². The molecule has 1 unspecified atom stereocenters. The Hall–Kier alpha value is -0.0831. The molecule has 0 aromatic carbocycles. The Morgan fingerprint density at radius 2 is 1.50 bits per heavy atom. The molecule has 1 aliphatic rings. The Labute approximate surface area is 128 Å². The summed E-state index contributed by atoms with van der Waals surface area (Å²) in [6, 6.07) is 0. The molecule has 20 heavy (non-hydrogen) atoms. The van der Waals surface area contributed by atoms with E-state index in [1.807, 2.05) is 0 Å². The predicted octanol–water partition coefficient (Wildman–Crippen LogP) is 6.46. The second-order valence-electron chi connectivity index (χ2n) is 7.91. The summed E-state index contributed by atoms with van der Waals surface area (Å²) < 4.78 is 6.63. The van der Waals surface area contributed by atoms with Crippen LogP contribution in [0.1, 0.15) is 78.6 Å². The zero-order valence-corrected chi connectivity index (χ0v) is 15.5. The highest BCUT2D eigenvalue weighted by molar-refractivity contribution is 6.74. The second-order valence-corrected chi connectivity index (χ2v) is 12.7. The first-order valence-electron chi connectivity index (χ1n) is 8.66. The fourth-order valence-electron chi connectivity index (χ4n) is 2.53. The van der Waals surface area contributed by atoms with E-state index in [1.165, 1.54) is 51.4 Å². The molecule has 0 amide bonds. The van der Waals surface area contributed by atoms with E-state index in [-0.39, 0.29) is 0 Å². The molecule has 0 spiro atoms. The summed E-state index contributed by atoms with van der Waals surface area (Å²) in [5, 5.41) is 0.320. The van der Waals surface area contributed by atoms with Crippen molar-refractivity contribution in [3.05, 3.63) is 12.2 Å². The van der Waals surface area contributed by atoms with Crippen molar-refractivity contribution in [3.63, 3.8) is 0 Å². The smallest absolute Gasteiger partial charge is 0.192 e. The third kappa shape index (κ3) is 6.58. The quantitative estimate of drug-likeness (QED) is 0.420. The van der Waals surface area contributed by atoms with Crippen molar-refractivity contribution >= 4 is 8.32 Å². The Bertz CT molecular complexity index is 288. The Morgan fingerprint density at radius 1 is 0.900 bits per heavy atom. The van der Waals surface area contributed by atoms with Crippen molar-refractivity contribution in [2.24, 2.45) is 0 Å². The topological polar surface area (TPSA) is 9.23 Å². The van der Waals surface area contributed by atoms with E-state index >= 15 is 0 Å². The molecule has 0 aliphatic heterocycles. The van der Waals surface area contributed by atoms with Crippen LogP contribution in [0.25, 0.3) is 0 Å². The highest BCUT2D eigenvalue weighted by atomic mass is 28.4. The lowest BCUT2D eigenvalue weighted by molar-refractivity contribution is 0.169. The molecule has 0 saturated carbocycles. The minimum absolute atomic E-state index is 0.320. The van der Waals surface area contributed by atoms with Gasteiger partial charge in [0, 0.05) is 6.10 Å². The maximum atomic E-state index is 6.63. The van der Waals surface area contributed by atoms with Gasteiger partial charge in [-0.15, -0.1) is 0 Å². The second kappa shape index (κ2) is 8.38. The summed E-state index contributed by atoms with van der Waals surface area (Å²) in [6.45, 7) is 11.8. The SMILES string of the molecule is CC(C)(C)[Si](C)(C)OC1CC=CCCCCCCCC1. The normalized spacial score (nSPS) is 23.9. The van der Waals surface area contributed by atoms with E-state index in [2.05, 4.69) is 46.0 Å². The summed E-state index contributed by atoms with van der Waals surface area (Å²) in [4.78, 5) is 0. The van der Waals surface area contributed by atoms with Crippen molar-refractivity contribution in [1.82, 2.24) is 0 Å². The van der Waals surface area contributed by atoms with Gasteiger partial charge in [0.25, 0.3) is 0 Å². The molecule has 0 N–H and O–H groups in total. The molecule has 1 nitrogen and oxygen atoms in total. The average molecular weight is 297 g/mol. The highest BCUT2D eigenvalue weighted by Crippen LogP contribution is 2.38. The van der Waals surface area contributed by atoms with Crippen LogP contribution in [0.4, 0.5) is 0 Å². The molecule has 0 fully saturated rings. The van der Waals surface area contributed by atoms with Gasteiger partial charge in [0.2, 0.25) is 0 Å². The van der Waals surface area contributed by atoms with Crippen LogP contribution in [0.2, 0.25) is 18.1 Å². The van der Waals surface area contributed by atoms with Crippen LogP contribution in [-0.4, -0.2) is 14.4 Å². The monoisotopic (exact) mass is 296 g/mol. The number of hydrogen-bond donors (Lipinski definition) is 0. The average Bonchev–Trinajstić information content (AvgIpc) is 2.31. The number of rotatable bonds is 2. The molecule has 0 heterocycles. The van der Waals surface area contributed by atoms with Crippen LogP contribution in [-0.2, 0) is 4.43 Å². The molecule has 2 heteroatoms. The predicted molar refractivity (Wildman–Crippen MR) is 92.8 cm³/mol. The van der Waals surface area contributed by atoms with E-state index in [1.54, 1.807) is 0 Å². The molecule has 1 aliphatic carbocycles. The standard InChI is InChI=1S/C18H36OSi/c1-18(2,3)20(4,5)19-17-15-13-11-9-7-6-8-10-12-14-16-17/h11,13,17H,6-10,12,14-16H2,1-5H3. The lowest BCUT2D eigenvalue weighted by Gasteiger charge is -2.39. The van der Waals surface area contributed by atoms with Gasteiger partial charge < -0.3 is 4.43 Å². The van der Waals surface area contributed by atoms with Gasteiger partial charge in [-0.1, -0.05) is 65.0 Å². The van der Waals surface area contributed by atoms with E-state index in [0.717, 1.165) is 6.42 Å². The maximum Gasteiger partial charge on any atom is 0.192 e. The maximum absolute atomic E-state index is 6.63. The van der Waals surface area contributed by atoms with Crippen LogP contribution in [0.5, 0.6) is 0 Å². The third-order valence-electron chi connectivity index (χ3n) is 4.98. The largest absolute Gasteiger partial charge is 0.414 e. The van der Waals surface area contributed by atoms with Gasteiger partial charge in [-0.2, -0.15) is 0 Å². The Kier molecular flexibility index (Phi) is 7.53. The summed E-state index contributed by atoms with van der Waals surface area (Å²) in [5.41, 5.74) is 0. The van der Waals surface area contributed by atoms with Gasteiger partial charge in [-0.25, -0.2) is 0 Å². The van der Waals surface area contributed by atoms with E-state index < -0.39 is 8.32 Å². The zero-order chi connectivity index (χ0) is 15.1. The molecular formula is C18H36OSi. The Balaban J connectivity index is 2.58. The third-order valence-corrected chi connectivity index (χ3v) is 9.51. The van der Waals surface area contributed by atoms with Crippen LogP contribution < -0.4 is 0 Å². The lowest BCUT2D eigenvalue weighted by atomic mass is 10.0. The first kappa shape index (κ1) is 18.0. The van der Waals surface area contributed by atoms with Gasteiger partial charge in [0.1, 0.15) is 0 Å². The summed E-state index contributed by atoms with van der Waals surface area (Å²) in [5.74, 6) is 0. The highest BCUT2D eigenvalue weighted by Gasteiger charge is 2.38. The van der Waals surface area contributed by atoms with Gasteiger partial charge in [-0.3, -0.25) is 0 Å². The summed E-state index contributed by atoms with van der Waals surface area (Å²) in [6.07, 6.45) is 17.2. The van der Waals surface area contributed by atoms with Crippen molar-refractivity contribution in [3.8, 4) is 0 Å². The van der Waals surface area contributed by atoms with Crippen LogP contribution in [0.3, 0.4) is 0 Å².